The van der Waals surface area contributed by atoms with Gasteiger partial charge in [-0.1, -0.05) is 35.9 Å². The van der Waals surface area contributed by atoms with Crippen LogP contribution >= 0.6 is 0 Å². The van der Waals surface area contributed by atoms with Crippen LogP contribution in [0.25, 0.3) is 0 Å². The van der Waals surface area contributed by atoms with E-state index in [2.05, 4.69) is 10.2 Å². The van der Waals surface area contributed by atoms with Crippen molar-refractivity contribution >= 4 is 27.3 Å². The van der Waals surface area contributed by atoms with E-state index in [-0.39, 0.29) is 35.1 Å². The lowest BCUT2D eigenvalue weighted by Gasteiger charge is -2.32. The number of aliphatic hydroxyl groups excluding tert-OH is 1. The minimum atomic E-state index is -3.66. The molecule has 4 rings (SSSR count). The third-order valence-corrected chi connectivity index (χ3v) is 8.00. The van der Waals surface area contributed by atoms with E-state index in [1.54, 1.807) is 24.1 Å². The van der Waals surface area contributed by atoms with Gasteiger partial charge in [-0.2, -0.15) is 0 Å². The van der Waals surface area contributed by atoms with Gasteiger partial charge in [0.25, 0.3) is 0 Å². The first-order valence-electron chi connectivity index (χ1n) is 11.0. The first-order chi connectivity index (χ1) is 15.6. The molecule has 2 N–H and O–H groups in total. The highest BCUT2D eigenvalue weighted by atomic mass is 32.2. The van der Waals surface area contributed by atoms with E-state index in [1.165, 1.54) is 6.07 Å². The number of sulfone groups is 1. The van der Waals surface area contributed by atoms with Gasteiger partial charge in [-0.25, -0.2) is 8.42 Å². The molecule has 1 fully saturated rings. The Morgan fingerprint density at radius 3 is 2.64 bits per heavy atom. The fourth-order valence-corrected chi connectivity index (χ4v) is 5.72. The number of β-amino-alcohol motifs (C(OH)–C–C–N with tert-alkyl or cyclic N) is 1. The summed E-state index contributed by atoms with van der Waals surface area (Å²) in [4.78, 5) is 29.0. The fourth-order valence-electron chi connectivity index (χ4n) is 4.43. The monoisotopic (exact) mass is 471 g/mol. The average molecular weight is 472 g/mol. The largest absolute Gasteiger partial charge is 0.392 e. The Bertz CT molecular complexity index is 1160. The molecular weight excluding hydrogens is 442 g/mol. The van der Waals surface area contributed by atoms with E-state index in [1.807, 2.05) is 31.2 Å². The molecule has 1 saturated heterocycles. The molecule has 0 unspecified atom stereocenters. The van der Waals surface area contributed by atoms with Crippen molar-refractivity contribution in [3.8, 4) is 0 Å². The predicted molar refractivity (Wildman–Crippen MR) is 125 cm³/mol. The van der Waals surface area contributed by atoms with Crippen molar-refractivity contribution in [2.24, 2.45) is 0 Å². The highest BCUT2D eigenvalue weighted by molar-refractivity contribution is 7.92. The van der Waals surface area contributed by atoms with Crippen LogP contribution in [0.1, 0.15) is 29.2 Å². The van der Waals surface area contributed by atoms with Gasteiger partial charge in [0.15, 0.2) is 9.84 Å². The van der Waals surface area contributed by atoms with Crippen molar-refractivity contribution < 1.29 is 23.1 Å². The molecule has 0 saturated carbocycles. The predicted octanol–water partition coefficient (Wildman–Crippen LogP) is 1.53. The molecule has 2 aliphatic rings. The van der Waals surface area contributed by atoms with Crippen molar-refractivity contribution in [3.05, 3.63) is 59.2 Å². The zero-order valence-electron chi connectivity index (χ0n) is 18.8. The smallest absolute Gasteiger partial charge is 0.239 e. The second-order valence-electron chi connectivity index (χ2n) is 8.95. The normalized spacial score (nSPS) is 20.7. The molecular formula is C24H29N3O5S. The molecule has 0 bridgehead atoms. The number of nitrogens with one attached hydrogen (secondary N) is 1. The van der Waals surface area contributed by atoms with Gasteiger partial charge in [-0.15, -0.1) is 0 Å². The summed E-state index contributed by atoms with van der Waals surface area (Å²) in [5.74, 6) is -1.26. The third-order valence-electron chi connectivity index (χ3n) is 6.33. The number of carbonyl (C=O) groups excluding carboxylic acids is 2. The number of nitrogens with zero attached hydrogens (tertiary/aromatic N) is 2. The van der Waals surface area contributed by atoms with Crippen LogP contribution in [0.15, 0.2) is 47.4 Å². The summed E-state index contributed by atoms with van der Waals surface area (Å²) in [6.45, 7) is 3.99. The summed E-state index contributed by atoms with van der Waals surface area (Å²) in [7, 11) is -1.89. The lowest BCUT2D eigenvalue weighted by Crippen LogP contribution is -2.39. The Balaban J connectivity index is 1.54. The second kappa shape index (κ2) is 9.24. The number of amides is 2. The zero-order chi connectivity index (χ0) is 23.8. The van der Waals surface area contributed by atoms with Crippen LogP contribution < -0.4 is 5.32 Å². The number of hydrogen-bond acceptors (Lipinski definition) is 6. The van der Waals surface area contributed by atoms with Crippen LogP contribution in [0.4, 0.5) is 5.69 Å². The van der Waals surface area contributed by atoms with Crippen LogP contribution in [-0.2, 0) is 25.8 Å². The lowest BCUT2D eigenvalue weighted by molar-refractivity contribution is -0.131. The van der Waals surface area contributed by atoms with Gasteiger partial charge in [-0.05, 0) is 36.6 Å². The van der Waals surface area contributed by atoms with Crippen LogP contribution in [0.5, 0.6) is 0 Å². The summed E-state index contributed by atoms with van der Waals surface area (Å²) in [6, 6.07) is 12.5. The maximum atomic E-state index is 13.2. The number of benzene rings is 2. The number of anilines is 1. The molecule has 2 aromatic carbocycles. The Morgan fingerprint density at radius 2 is 1.97 bits per heavy atom. The summed E-state index contributed by atoms with van der Waals surface area (Å²) in [6.07, 6.45) is 0.457. The molecule has 8 nitrogen and oxygen atoms in total. The molecule has 0 aliphatic carbocycles. The summed E-state index contributed by atoms with van der Waals surface area (Å²) in [5, 5.41) is 12.5. The van der Waals surface area contributed by atoms with Gasteiger partial charge in [0.2, 0.25) is 11.8 Å². The minimum absolute atomic E-state index is 0.0741. The van der Waals surface area contributed by atoms with Crippen LogP contribution in [-0.4, -0.2) is 73.7 Å². The number of fused-ring (bicyclic) bond motifs is 1. The number of carbonyl (C=O) groups is 2. The van der Waals surface area contributed by atoms with Gasteiger partial charge in [0.1, 0.15) is 5.75 Å². The molecule has 0 radical (unpaired) electrons. The van der Waals surface area contributed by atoms with E-state index >= 15 is 0 Å². The van der Waals surface area contributed by atoms with E-state index in [9.17, 15) is 23.1 Å². The van der Waals surface area contributed by atoms with E-state index < -0.39 is 21.5 Å². The Hall–Kier alpha value is -2.75. The molecule has 2 aromatic rings. The highest BCUT2D eigenvalue weighted by Gasteiger charge is 2.30. The van der Waals surface area contributed by atoms with Crippen LogP contribution in [0, 0.1) is 6.92 Å². The van der Waals surface area contributed by atoms with Crippen LogP contribution in [0.3, 0.4) is 0 Å². The van der Waals surface area contributed by atoms with Crippen molar-refractivity contribution in [1.29, 1.82) is 0 Å². The van der Waals surface area contributed by atoms with Crippen molar-refractivity contribution in [2.75, 3.05) is 37.8 Å². The summed E-state index contributed by atoms with van der Waals surface area (Å²) < 4.78 is 24.4. The molecule has 0 aromatic heterocycles. The van der Waals surface area contributed by atoms with Gasteiger partial charge >= 0.3 is 0 Å². The zero-order valence-corrected chi connectivity index (χ0v) is 19.6. The molecule has 9 heteroatoms. The number of aliphatic hydroxyl groups is 1. The minimum Gasteiger partial charge on any atom is -0.392 e. The first kappa shape index (κ1) is 23.4. The van der Waals surface area contributed by atoms with Gasteiger partial charge < -0.3 is 15.3 Å². The molecule has 176 valence electrons. The molecule has 2 atom stereocenters. The number of rotatable bonds is 6. The molecule has 2 heterocycles. The average Bonchev–Trinajstić information content (AvgIpc) is 3.16. The lowest BCUT2D eigenvalue weighted by atomic mass is 10.0. The van der Waals surface area contributed by atoms with Crippen molar-refractivity contribution in [1.82, 2.24) is 9.80 Å². The Labute approximate surface area is 194 Å². The maximum Gasteiger partial charge on any atom is 0.239 e. The van der Waals surface area contributed by atoms with E-state index in [4.69, 9.17) is 0 Å². The van der Waals surface area contributed by atoms with Crippen molar-refractivity contribution in [2.45, 2.75) is 36.8 Å². The third kappa shape index (κ3) is 5.26. The quantitative estimate of drug-likeness (QED) is 0.662. The second-order valence-corrected chi connectivity index (χ2v) is 10.9. The SMILES string of the molecule is Cc1ccc([C@@H](CN2CC[C@H](O)C2)N(C)C(=O)Cc2ccc3c(c2)NC(=O)CS3(=O)=O)cc1. The van der Waals surface area contributed by atoms with Gasteiger partial charge in [-0.3, -0.25) is 14.5 Å². The van der Waals surface area contributed by atoms with Crippen LogP contribution in [0.2, 0.25) is 0 Å². The summed E-state index contributed by atoms with van der Waals surface area (Å²) >= 11 is 0. The Morgan fingerprint density at radius 1 is 1.24 bits per heavy atom. The van der Waals surface area contributed by atoms with Gasteiger partial charge in [0.05, 0.1) is 29.1 Å². The topological polar surface area (TPSA) is 107 Å². The number of hydrogen-bond donors (Lipinski definition) is 2. The molecule has 33 heavy (non-hydrogen) atoms. The Kier molecular flexibility index (Phi) is 6.56. The molecule has 0 spiro atoms. The standard InChI is InChI=1S/C24H29N3O5S/c1-16-3-6-18(7-4-16)21(14-27-10-9-19(28)13-27)26(2)24(30)12-17-5-8-22-20(11-17)25-23(29)15-33(22,31)32/h3-8,11,19,21,28H,9-10,12-15H2,1-2H3,(H,25,29)/t19-,21+/m0/s1. The number of aryl methyl sites for hydroxylation is 1. The van der Waals surface area contributed by atoms with E-state index in [0.29, 0.717) is 18.7 Å². The maximum absolute atomic E-state index is 13.2. The highest BCUT2D eigenvalue weighted by Crippen LogP contribution is 2.29. The summed E-state index contributed by atoms with van der Waals surface area (Å²) in [5.41, 5.74) is 3.00. The molecule has 2 amide bonds. The number of likely N-dealkylation sites (N-methyl/N-ethyl adjacent to an activating group) is 1. The fraction of sp³-hybridized carbons (Fsp3) is 0.417. The van der Waals surface area contributed by atoms with Gasteiger partial charge in [0, 0.05) is 26.7 Å². The van der Waals surface area contributed by atoms with Crippen molar-refractivity contribution in [3.63, 3.8) is 0 Å². The first-order valence-corrected chi connectivity index (χ1v) is 12.7. The van der Waals surface area contributed by atoms with E-state index in [0.717, 1.165) is 24.1 Å². The molecule has 2 aliphatic heterocycles. The number of likely N-dealkylation sites (tertiary alicyclic amines) is 1.